The van der Waals surface area contributed by atoms with Gasteiger partial charge in [0.25, 0.3) is 0 Å². The summed E-state index contributed by atoms with van der Waals surface area (Å²) in [6, 6.07) is 0. The average molecular weight is 211 g/mol. The SMILES string of the molecule is [C-]#N.[C-]#N.[C-]#N.[C-]#N.[C-]#N.[C-]#N.[Mn+2]. The third kappa shape index (κ3) is 81.6. The maximum Gasteiger partial charge on any atom is 2.00 e. The largest absolute Gasteiger partial charge is 2.00 e. The Kier molecular flexibility index (Phi) is 631. The van der Waals surface area contributed by atoms with Gasteiger partial charge in [0.1, 0.15) is 0 Å². The normalized spacial score (nSPS) is 0.923. The number of hydrogen-bond donors (Lipinski definition) is 0. The van der Waals surface area contributed by atoms with Gasteiger partial charge in [-0.2, -0.15) is 0 Å². The Bertz CT molecular complexity index is 92.1. The molecule has 0 amide bonds. The quantitative estimate of drug-likeness (QED) is 0.423. The van der Waals surface area contributed by atoms with Crippen molar-refractivity contribution >= 4 is 0 Å². The molecule has 0 spiro atoms. The molecule has 0 heterocycles. The summed E-state index contributed by atoms with van der Waals surface area (Å²) >= 11 is 0. The van der Waals surface area contributed by atoms with Crippen LogP contribution in [0.3, 0.4) is 0 Å². The Balaban J connectivity index is -0.00000000655. The van der Waals surface area contributed by atoms with Crippen molar-refractivity contribution in [3.8, 4) is 0 Å². The van der Waals surface area contributed by atoms with E-state index in [4.69, 9.17) is 71.0 Å². The van der Waals surface area contributed by atoms with E-state index in [0.717, 1.165) is 0 Å². The fourth-order valence-electron chi connectivity index (χ4n) is 0. The van der Waals surface area contributed by atoms with Crippen LogP contribution in [0.25, 0.3) is 0 Å². The third-order valence-electron chi connectivity index (χ3n) is 0. The maximum atomic E-state index is 6.25. The molecule has 0 aliphatic carbocycles. The zero-order valence-electron chi connectivity index (χ0n) is 6.06. The fraction of sp³-hybridized carbons (Fsp3) is 0. The van der Waals surface area contributed by atoms with Crippen molar-refractivity contribution in [2.24, 2.45) is 0 Å². The molecule has 6 nitrogen and oxygen atoms in total. The summed E-state index contributed by atoms with van der Waals surface area (Å²) in [7, 11) is 0. The molecule has 0 aromatic heterocycles. The molecule has 13 heavy (non-hydrogen) atoms. The Morgan fingerprint density at radius 2 is 0.308 bits per heavy atom. The number of hydrogen-bond acceptors (Lipinski definition) is 6. The van der Waals surface area contributed by atoms with E-state index in [9.17, 15) is 0 Å². The van der Waals surface area contributed by atoms with Gasteiger partial charge in [-0.15, -0.1) is 0 Å². The van der Waals surface area contributed by atoms with Gasteiger partial charge in [-0.3, -0.25) is 0 Å². The third-order valence-corrected chi connectivity index (χ3v) is 0. The van der Waals surface area contributed by atoms with Crippen molar-refractivity contribution in [3.05, 3.63) is 39.4 Å². The first kappa shape index (κ1) is 78.2. The van der Waals surface area contributed by atoms with Crippen LogP contribution < -0.4 is 0 Å². The van der Waals surface area contributed by atoms with Crippen LogP contribution in [0, 0.1) is 71.0 Å². The van der Waals surface area contributed by atoms with Gasteiger partial charge in [-0.1, -0.05) is 0 Å². The topological polar surface area (TPSA) is 143 Å². The van der Waals surface area contributed by atoms with E-state index in [1.807, 2.05) is 0 Å². The molecule has 0 rings (SSSR count). The molecule has 0 saturated heterocycles. The predicted octanol–water partition coefficient (Wildman–Crippen LogP) is 0.576. The Morgan fingerprint density at radius 3 is 0.308 bits per heavy atom. The second-order valence-electron chi connectivity index (χ2n) is 0. The summed E-state index contributed by atoms with van der Waals surface area (Å²) in [4.78, 5) is 0. The minimum Gasteiger partial charge on any atom is -0.512 e. The minimum atomic E-state index is 0. The van der Waals surface area contributed by atoms with Gasteiger partial charge in [0, 0.05) is 0 Å². The van der Waals surface area contributed by atoms with Crippen LogP contribution >= 0.6 is 0 Å². The molecule has 0 atom stereocenters. The minimum absolute atomic E-state index is 0. The number of nitrogens with zero attached hydrogens (tertiary/aromatic N) is 6. The first-order chi connectivity index (χ1) is 6.00. The molecule has 1 radical (unpaired) electrons. The summed E-state index contributed by atoms with van der Waals surface area (Å²) in [5.41, 5.74) is 0. The van der Waals surface area contributed by atoms with E-state index >= 15 is 0 Å². The first-order valence-corrected chi connectivity index (χ1v) is 1.34. The zero-order valence-corrected chi connectivity index (χ0v) is 7.24. The summed E-state index contributed by atoms with van der Waals surface area (Å²) in [6.45, 7) is 28.5. The Morgan fingerprint density at radius 1 is 0.308 bits per heavy atom. The molecular weight excluding hydrogens is 211 g/mol. The van der Waals surface area contributed by atoms with E-state index in [-0.39, 0.29) is 17.1 Å². The van der Waals surface area contributed by atoms with E-state index < -0.39 is 0 Å². The second kappa shape index (κ2) is 105. The molecule has 65 valence electrons. The summed E-state index contributed by atoms with van der Waals surface area (Å²) in [6.07, 6.45) is 0. The fourth-order valence-corrected chi connectivity index (χ4v) is 0. The van der Waals surface area contributed by atoms with E-state index in [1.165, 1.54) is 0 Å². The van der Waals surface area contributed by atoms with Crippen LogP contribution in [0.15, 0.2) is 0 Å². The molecular formula is C6MnN6-4. The van der Waals surface area contributed by atoms with E-state index in [0.29, 0.717) is 0 Å². The van der Waals surface area contributed by atoms with Gasteiger partial charge < -0.3 is 71.0 Å². The van der Waals surface area contributed by atoms with Crippen LogP contribution in [0.5, 0.6) is 0 Å². The van der Waals surface area contributed by atoms with E-state index in [1.54, 1.807) is 0 Å². The molecule has 7 heteroatoms. The maximum absolute atomic E-state index is 6.25. The van der Waals surface area contributed by atoms with Gasteiger partial charge in [-0.05, 0) is 0 Å². The van der Waals surface area contributed by atoms with Gasteiger partial charge in [0.2, 0.25) is 0 Å². The molecule has 0 N–H and O–H groups in total. The average Bonchev–Trinajstić information content (AvgIpc) is 2.33. The van der Waals surface area contributed by atoms with Gasteiger partial charge >= 0.3 is 17.1 Å². The Hall–Kier alpha value is -2.54. The molecule has 0 saturated carbocycles. The standard InChI is InChI=1S/6CN.Mn/c6*1-2;/q6*-1;+2. The molecule has 0 aliphatic heterocycles. The smallest absolute Gasteiger partial charge is 0.512 e. The van der Waals surface area contributed by atoms with Crippen molar-refractivity contribution in [1.82, 2.24) is 0 Å². The predicted molar refractivity (Wildman–Crippen MR) is 29.8 cm³/mol. The van der Waals surface area contributed by atoms with E-state index in [2.05, 4.69) is 0 Å². The molecule has 0 aromatic carbocycles. The second-order valence-corrected chi connectivity index (χ2v) is 0. The molecule has 0 unspecified atom stereocenters. The Labute approximate surface area is 88.5 Å². The van der Waals surface area contributed by atoms with Gasteiger partial charge in [-0.25, -0.2) is 0 Å². The number of rotatable bonds is 0. The molecule has 0 bridgehead atoms. The van der Waals surface area contributed by atoms with Crippen molar-refractivity contribution in [2.75, 3.05) is 0 Å². The van der Waals surface area contributed by atoms with Crippen molar-refractivity contribution in [2.45, 2.75) is 0 Å². The van der Waals surface area contributed by atoms with Crippen LogP contribution in [0.1, 0.15) is 0 Å². The summed E-state index contributed by atoms with van der Waals surface area (Å²) in [5.74, 6) is 0. The van der Waals surface area contributed by atoms with Crippen LogP contribution in [-0.2, 0) is 17.1 Å². The molecule has 0 fully saturated rings. The van der Waals surface area contributed by atoms with Crippen LogP contribution in [0.2, 0.25) is 0 Å². The van der Waals surface area contributed by atoms with Crippen molar-refractivity contribution in [3.63, 3.8) is 0 Å². The summed E-state index contributed by atoms with van der Waals surface area (Å²) in [5, 5.41) is 37.5. The van der Waals surface area contributed by atoms with Crippen molar-refractivity contribution < 1.29 is 17.1 Å². The first-order valence-electron chi connectivity index (χ1n) is 1.34. The van der Waals surface area contributed by atoms with Crippen LogP contribution in [0.4, 0.5) is 0 Å². The van der Waals surface area contributed by atoms with Gasteiger partial charge in [0.05, 0.1) is 0 Å². The zero-order chi connectivity index (χ0) is 12.0. The molecule has 0 aliphatic rings. The summed E-state index contributed by atoms with van der Waals surface area (Å²) < 4.78 is 0. The van der Waals surface area contributed by atoms with Crippen molar-refractivity contribution in [1.29, 1.82) is 31.6 Å². The monoisotopic (exact) mass is 211 g/mol. The molecule has 0 aromatic rings. The van der Waals surface area contributed by atoms with Crippen LogP contribution in [-0.4, -0.2) is 0 Å². The van der Waals surface area contributed by atoms with Gasteiger partial charge in [0.15, 0.2) is 0 Å².